The molecule has 9 heteroatoms. The van der Waals surface area contributed by atoms with Crippen LogP contribution in [0.3, 0.4) is 0 Å². The summed E-state index contributed by atoms with van der Waals surface area (Å²) in [7, 11) is 0. The van der Waals surface area contributed by atoms with Crippen LogP contribution in [0.5, 0.6) is 0 Å². The molecule has 2 heterocycles. The van der Waals surface area contributed by atoms with Crippen LogP contribution in [0.4, 0.5) is 13.2 Å². The minimum absolute atomic E-state index is 0.284. The number of aromatic nitrogens is 3. The summed E-state index contributed by atoms with van der Waals surface area (Å²) in [4.78, 5) is 4.01. The van der Waals surface area contributed by atoms with Crippen LogP contribution >= 0.6 is 0 Å². The maximum atomic E-state index is 12.4. The van der Waals surface area contributed by atoms with Gasteiger partial charge in [0.2, 0.25) is 0 Å². The van der Waals surface area contributed by atoms with Crippen LogP contribution in [0.25, 0.3) is 10.9 Å². The second kappa shape index (κ2) is 5.88. The van der Waals surface area contributed by atoms with Crippen LogP contribution in [0, 0.1) is 0 Å². The monoisotopic (exact) mass is 332 g/mol. The second-order valence-electron chi connectivity index (χ2n) is 5.68. The van der Waals surface area contributed by atoms with Gasteiger partial charge in [0.05, 0.1) is 23.6 Å². The molecule has 0 saturated heterocycles. The molecule has 0 spiro atoms. The molecule has 0 aliphatic heterocycles. The molecule has 120 valence electrons. The fraction of sp³-hybridized carbons (Fsp3) is 0.462. The van der Waals surface area contributed by atoms with Gasteiger partial charge >= 0.3 is 6.18 Å². The lowest BCUT2D eigenvalue weighted by molar-refractivity contribution is -0.141. The molecule has 22 heavy (non-hydrogen) atoms. The molecule has 2 rings (SSSR count). The van der Waals surface area contributed by atoms with Crippen molar-refractivity contribution in [1.29, 1.82) is 0 Å². The van der Waals surface area contributed by atoms with E-state index < -0.39 is 28.8 Å². The summed E-state index contributed by atoms with van der Waals surface area (Å²) in [6.07, 6.45) is -0.360. The summed E-state index contributed by atoms with van der Waals surface area (Å²) >= 11 is -1.42. The molecule has 0 fully saturated rings. The van der Waals surface area contributed by atoms with Crippen LogP contribution in [0.2, 0.25) is 0 Å². The Morgan fingerprint density at radius 3 is 2.59 bits per heavy atom. The first-order valence-corrected chi connectivity index (χ1v) is 7.51. The average Bonchev–Trinajstić information content (AvgIpc) is 2.75. The Balaban J connectivity index is 2.24. The fourth-order valence-electron chi connectivity index (χ4n) is 1.62. The molecule has 0 amide bonds. The number of alkyl halides is 3. The maximum absolute atomic E-state index is 12.4. The van der Waals surface area contributed by atoms with E-state index in [1.807, 2.05) is 0 Å². The summed E-state index contributed by atoms with van der Waals surface area (Å²) in [5, 5.41) is 4.22. The van der Waals surface area contributed by atoms with Gasteiger partial charge in [0.1, 0.15) is 28.9 Å². The zero-order valence-electron chi connectivity index (χ0n) is 12.3. The zero-order valence-corrected chi connectivity index (χ0v) is 13.1. The molecule has 0 aliphatic carbocycles. The summed E-state index contributed by atoms with van der Waals surface area (Å²) in [5.74, 6) is 0. The third-order valence-electron chi connectivity index (χ3n) is 2.68. The van der Waals surface area contributed by atoms with Crippen molar-refractivity contribution in [2.75, 3.05) is 0 Å². The summed E-state index contributed by atoms with van der Waals surface area (Å²) in [6.45, 7) is 4.20. The minimum Gasteiger partial charge on any atom is -0.591 e. The van der Waals surface area contributed by atoms with E-state index in [1.165, 1.54) is 18.6 Å². The van der Waals surface area contributed by atoms with Gasteiger partial charge in [-0.25, -0.2) is 0 Å². The lowest BCUT2D eigenvalue weighted by Gasteiger charge is -2.17. The topological polar surface area (TPSA) is 66.1 Å². The van der Waals surface area contributed by atoms with Crippen LogP contribution in [0.15, 0.2) is 22.9 Å². The van der Waals surface area contributed by atoms with Gasteiger partial charge in [0.25, 0.3) is 0 Å². The summed E-state index contributed by atoms with van der Waals surface area (Å²) in [6, 6.07) is 1.55. The highest BCUT2D eigenvalue weighted by molar-refractivity contribution is 7.91. The lowest BCUT2D eigenvalue weighted by Crippen LogP contribution is -2.25. The average molecular weight is 332 g/mol. The van der Waals surface area contributed by atoms with Crippen molar-refractivity contribution in [3.8, 4) is 0 Å². The van der Waals surface area contributed by atoms with E-state index in [2.05, 4.69) is 14.5 Å². The van der Waals surface area contributed by atoms with Crippen molar-refractivity contribution in [2.24, 2.45) is 4.40 Å². The molecule has 0 aliphatic rings. The van der Waals surface area contributed by atoms with Crippen molar-refractivity contribution < 1.29 is 17.7 Å². The lowest BCUT2D eigenvalue weighted by atomic mass is 10.3. The number of hydrogen-bond donors (Lipinski definition) is 0. The molecular formula is C13H15F3N4OS. The molecule has 2 aromatic rings. The normalized spacial score (nSPS) is 14.9. The summed E-state index contributed by atoms with van der Waals surface area (Å²) < 4.78 is 53.3. The number of fused-ring (bicyclic) bond motifs is 1. The van der Waals surface area contributed by atoms with Crippen LogP contribution in [0.1, 0.15) is 26.5 Å². The van der Waals surface area contributed by atoms with Gasteiger partial charge in [-0.15, -0.1) is 0 Å². The molecule has 5 nitrogen and oxygen atoms in total. The van der Waals surface area contributed by atoms with Crippen molar-refractivity contribution in [3.63, 3.8) is 0 Å². The highest BCUT2D eigenvalue weighted by Crippen LogP contribution is 2.21. The number of hydrogen-bond acceptors (Lipinski definition) is 4. The predicted octanol–water partition coefficient (Wildman–Crippen LogP) is 2.87. The molecular weight excluding hydrogens is 317 g/mol. The Hall–Kier alpha value is -1.61. The number of nitrogens with zero attached hydrogens (tertiary/aromatic N) is 4. The molecule has 0 radical (unpaired) electrons. The van der Waals surface area contributed by atoms with E-state index >= 15 is 0 Å². The largest absolute Gasteiger partial charge is 0.591 e. The third kappa shape index (κ3) is 4.20. The van der Waals surface area contributed by atoms with Crippen LogP contribution < -0.4 is 0 Å². The van der Waals surface area contributed by atoms with E-state index in [0.717, 1.165) is 4.68 Å². The van der Waals surface area contributed by atoms with Gasteiger partial charge in [-0.3, -0.25) is 9.67 Å². The van der Waals surface area contributed by atoms with Crippen molar-refractivity contribution in [1.82, 2.24) is 14.8 Å². The van der Waals surface area contributed by atoms with E-state index in [1.54, 1.807) is 26.8 Å². The molecule has 2 aromatic heterocycles. The number of halogens is 3. The molecule has 0 saturated carbocycles. The second-order valence-corrected chi connectivity index (χ2v) is 7.62. The highest BCUT2D eigenvalue weighted by Gasteiger charge is 2.29. The first-order chi connectivity index (χ1) is 10.1. The fourth-order valence-corrected chi connectivity index (χ4v) is 2.14. The van der Waals surface area contributed by atoms with Crippen molar-refractivity contribution in [2.45, 2.75) is 38.2 Å². The first kappa shape index (κ1) is 16.8. The molecule has 0 unspecified atom stereocenters. The smallest absolute Gasteiger partial charge is 0.408 e. The first-order valence-electron chi connectivity index (χ1n) is 6.41. The van der Waals surface area contributed by atoms with Gasteiger partial charge in [-0.05, 0) is 26.8 Å². The van der Waals surface area contributed by atoms with Crippen LogP contribution in [-0.2, 0) is 17.9 Å². The van der Waals surface area contributed by atoms with Gasteiger partial charge < -0.3 is 4.55 Å². The SMILES string of the molecule is CC(C)(C)[S@@+]([O-])/N=C/c1cc2cnn(CC(F)(F)F)c2cn1. The number of pyridine rings is 1. The van der Waals surface area contributed by atoms with E-state index in [4.69, 9.17) is 0 Å². The predicted molar refractivity (Wildman–Crippen MR) is 79.1 cm³/mol. The van der Waals surface area contributed by atoms with Gasteiger partial charge in [0.15, 0.2) is 0 Å². The van der Waals surface area contributed by atoms with Crippen molar-refractivity contribution in [3.05, 3.63) is 24.2 Å². The highest BCUT2D eigenvalue weighted by atomic mass is 32.2. The Bertz CT molecular complexity index is 691. The Labute approximate surface area is 128 Å². The Kier molecular flexibility index (Phi) is 4.48. The third-order valence-corrected chi connectivity index (χ3v) is 4.03. The van der Waals surface area contributed by atoms with E-state index in [9.17, 15) is 17.7 Å². The Morgan fingerprint density at radius 1 is 1.32 bits per heavy atom. The standard InChI is InChI=1S/C13H15F3N4OS/c1-12(2,3)22(21)19-6-10-4-9-5-18-20(8-13(14,15)16)11(9)7-17-10/h4-7H,8H2,1-3H3/b19-6+/t22-/m1/s1. The quantitative estimate of drug-likeness (QED) is 0.641. The molecule has 0 bridgehead atoms. The molecule has 0 aromatic carbocycles. The van der Waals surface area contributed by atoms with E-state index in [-0.39, 0.29) is 5.52 Å². The molecule has 1 atom stereocenters. The van der Waals surface area contributed by atoms with Gasteiger partial charge in [0, 0.05) is 5.39 Å². The van der Waals surface area contributed by atoms with Crippen LogP contribution in [-0.4, -0.2) is 36.5 Å². The number of rotatable bonds is 3. The van der Waals surface area contributed by atoms with Gasteiger partial charge in [-0.2, -0.15) is 18.3 Å². The van der Waals surface area contributed by atoms with Gasteiger partial charge in [-0.1, -0.05) is 4.40 Å². The molecule has 0 N–H and O–H groups in total. The van der Waals surface area contributed by atoms with Crippen molar-refractivity contribution >= 4 is 28.5 Å². The summed E-state index contributed by atoms with van der Waals surface area (Å²) in [5.41, 5.74) is 0.697. The maximum Gasteiger partial charge on any atom is 0.408 e. The minimum atomic E-state index is -4.34. The zero-order chi connectivity index (χ0) is 16.5. The Morgan fingerprint density at radius 2 is 2.00 bits per heavy atom. The van der Waals surface area contributed by atoms with E-state index in [0.29, 0.717) is 11.1 Å².